The minimum atomic E-state index is 0. The molecule has 2 rings (SSSR count). The Balaban J connectivity index is 0.00000112. The molecule has 1 saturated heterocycles. The molecule has 15 heavy (non-hydrogen) atoms. The van der Waals surface area contributed by atoms with Crippen molar-refractivity contribution < 1.29 is 5.11 Å². The van der Waals surface area contributed by atoms with E-state index in [4.69, 9.17) is 5.11 Å². The molecule has 1 aromatic carbocycles. The van der Waals surface area contributed by atoms with Crippen LogP contribution in [0.3, 0.4) is 0 Å². The Kier molecular flexibility index (Phi) is 5.09. The number of aliphatic hydroxyl groups excluding tert-OH is 1. The molecule has 1 unspecified atom stereocenters. The van der Waals surface area contributed by atoms with E-state index >= 15 is 0 Å². The highest BCUT2D eigenvalue weighted by Gasteiger charge is 2.24. The highest BCUT2D eigenvalue weighted by atomic mass is 35.5. The van der Waals surface area contributed by atoms with Crippen LogP contribution in [0.5, 0.6) is 0 Å². The van der Waals surface area contributed by atoms with E-state index in [0.29, 0.717) is 6.04 Å². The zero-order valence-electron chi connectivity index (χ0n) is 8.80. The van der Waals surface area contributed by atoms with Gasteiger partial charge in [0, 0.05) is 12.6 Å². The van der Waals surface area contributed by atoms with Gasteiger partial charge in [0.15, 0.2) is 0 Å². The van der Waals surface area contributed by atoms with Crippen molar-refractivity contribution in [3.05, 3.63) is 35.9 Å². The summed E-state index contributed by atoms with van der Waals surface area (Å²) in [5, 5.41) is 8.95. The minimum Gasteiger partial charge on any atom is -0.395 e. The second-order valence-corrected chi connectivity index (χ2v) is 3.83. The third-order valence-corrected chi connectivity index (χ3v) is 2.94. The summed E-state index contributed by atoms with van der Waals surface area (Å²) in [6.45, 7) is 2.20. The maximum absolute atomic E-state index is 8.95. The number of nitrogens with zero attached hydrogens (tertiary/aromatic N) is 1. The van der Waals surface area contributed by atoms with Crippen LogP contribution in [0.4, 0.5) is 0 Å². The lowest BCUT2D eigenvalue weighted by Crippen LogP contribution is -2.26. The molecule has 0 saturated carbocycles. The van der Waals surface area contributed by atoms with Crippen molar-refractivity contribution >= 4 is 12.4 Å². The average Bonchev–Trinajstić information content (AvgIpc) is 2.68. The fourth-order valence-electron chi connectivity index (χ4n) is 2.27. The fourth-order valence-corrected chi connectivity index (χ4v) is 2.27. The van der Waals surface area contributed by atoms with Crippen LogP contribution in [0.1, 0.15) is 24.4 Å². The van der Waals surface area contributed by atoms with E-state index < -0.39 is 0 Å². The summed E-state index contributed by atoms with van der Waals surface area (Å²) in [4.78, 5) is 2.37. The van der Waals surface area contributed by atoms with Gasteiger partial charge in [0.2, 0.25) is 0 Å². The van der Waals surface area contributed by atoms with Gasteiger partial charge in [-0.2, -0.15) is 0 Å². The minimum absolute atomic E-state index is 0. The van der Waals surface area contributed by atoms with E-state index in [0.717, 1.165) is 13.1 Å². The third kappa shape index (κ3) is 2.94. The van der Waals surface area contributed by atoms with E-state index in [2.05, 4.69) is 35.2 Å². The Labute approximate surface area is 97.3 Å². The van der Waals surface area contributed by atoms with E-state index in [1.807, 2.05) is 0 Å². The predicted molar refractivity (Wildman–Crippen MR) is 64.3 cm³/mol. The Bertz CT molecular complexity index is 278. The molecule has 1 aliphatic heterocycles. The summed E-state index contributed by atoms with van der Waals surface area (Å²) in [6, 6.07) is 11.1. The van der Waals surface area contributed by atoms with E-state index in [-0.39, 0.29) is 19.0 Å². The van der Waals surface area contributed by atoms with Gasteiger partial charge in [0.25, 0.3) is 0 Å². The van der Waals surface area contributed by atoms with Gasteiger partial charge in [-0.25, -0.2) is 0 Å². The fraction of sp³-hybridized carbons (Fsp3) is 0.500. The normalized spacial score (nSPS) is 21.3. The Morgan fingerprint density at radius 1 is 1.27 bits per heavy atom. The second-order valence-electron chi connectivity index (χ2n) is 3.83. The zero-order chi connectivity index (χ0) is 9.80. The lowest BCUT2D eigenvalue weighted by molar-refractivity contribution is 0.185. The van der Waals surface area contributed by atoms with Crippen molar-refractivity contribution in [1.82, 2.24) is 4.90 Å². The number of β-amino-alcohol motifs (C(OH)–C–C–N with tert-alkyl or cyclic N) is 1. The number of halogens is 1. The van der Waals surface area contributed by atoms with Crippen molar-refractivity contribution in [3.63, 3.8) is 0 Å². The first kappa shape index (κ1) is 12.5. The van der Waals surface area contributed by atoms with Gasteiger partial charge >= 0.3 is 0 Å². The SMILES string of the molecule is Cl.OCCN1CCCC1c1ccccc1. The lowest BCUT2D eigenvalue weighted by atomic mass is 10.1. The number of hydrogen-bond acceptors (Lipinski definition) is 2. The van der Waals surface area contributed by atoms with Crippen LogP contribution in [0.15, 0.2) is 30.3 Å². The first-order valence-electron chi connectivity index (χ1n) is 5.31. The first-order valence-corrected chi connectivity index (χ1v) is 5.31. The van der Waals surface area contributed by atoms with Crippen molar-refractivity contribution in [2.24, 2.45) is 0 Å². The molecule has 1 heterocycles. The highest BCUT2D eigenvalue weighted by molar-refractivity contribution is 5.85. The Hall–Kier alpha value is -0.570. The van der Waals surface area contributed by atoms with Gasteiger partial charge in [-0.3, -0.25) is 4.90 Å². The summed E-state index contributed by atoms with van der Waals surface area (Å²) >= 11 is 0. The molecule has 1 fully saturated rings. The number of rotatable bonds is 3. The quantitative estimate of drug-likeness (QED) is 0.856. The number of benzene rings is 1. The zero-order valence-corrected chi connectivity index (χ0v) is 9.62. The monoisotopic (exact) mass is 227 g/mol. The highest BCUT2D eigenvalue weighted by Crippen LogP contribution is 2.30. The van der Waals surface area contributed by atoms with Gasteiger partial charge in [-0.15, -0.1) is 12.4 Å². The topological polar surface area (TPSA) is 23.5 Å². The number of likely N-dealkylation sites (tertiary alicyclic amines) is 1. The van der Waals surface area contributed by atoms with E-state index in [9.17, 15) is 0 Å². The molecule has 0 radical (unpaired) electrons. The van der Waals surface area contributed by atoms with Crippen LogP contribution in [0.25, 0.3) is 0 Å². The maximum Gasteiger partial charge on any atom is 0.0558 e. The molecule has 2 nitrogen and oxygen atoms in total. The van der Waals surface area contributed by atoms with Gasteiger partial charge in [0.1, 0.15) is 0 Å². The van der Waals surface area contributed by atoms with Gasteiger partial charge < -0.3 is 5.11 Å². The summed E-state index contributed by atoms with van der Waals surface area (Å²) < 4.78 is 0. The number of hydrogen-bond donors (Lipinski definition) is 1. The molecule has 3 heteroatoms. The van der Waals surface area contributed by atoms with Crippen molar-refractivity contribution in [2.45, 2.75) is 18.9 Å². The Morgan fingerprint density at radius 2 is 2.00 bits per heavy atom. The summed E-state index contributed by atoms with van der Waals surface area (Å²) in [7, 11) is 0. The van der Waals surface area contributed by atoms with Crippen LogP contribution < -0.4 is 0 Å². The van der Waals surface area contributed by atoms with Crippen LogP contribution in [0, 0.1) is 0 Å². The van der Waals surface area contributed by atoms with Crippen molar-refractivity contribution in [2.75, 3.05) is 19.7 Å². The average molecular weight is 228 g/mol. The van der Waals surface area contributed by atoms with Crippen LogP contribution in [-0.2, 0) is 0 Å². The molecule has 0 bridgehead atoms. The first-order chi connectivity index (χ1) is 6.92. The second kappa shape index (κ2) is 6.11. The van der Waals surface area contributed by atoms with E-state index in [1.165, 1.54) is 18.4 Å². The molecule has 0 spiro atoms. The summed E-state index contributed by atoms with van der Waals surface area (Å²) in [6.07, 6.45) is 2.48. The van der Waals surface area contributed by atoms with E-state index in [1.54, 1.807) is 0 Å². The molecule has 1 atom stereocenters. The summed E-state index contributed by atoms with van der Waals surface area (Å²) in [5.74, 6) is 0. The van der Waals surface area contributed by atoms with Gasteiger partial charge in [-0.1, -0.05) is 30.3 Å². The van der Waals surface area contributed by atoms with Crippen molar-refractivity contribution in [1.29, 1.82) is 0 Å². The largest absolute Gasteiger partial charge is 0.395 e. The standard InChI is InChI=1S/C12H17NO.ClH/c14-10-9-13-8-4-7-12(13)11-5-2-1-3-6-11;/h1-3,5-6,12,14H,4,7-10H2;1H. The number of aliphatic hydroxyl groups is 1. The summed E-state index contributed by atoms with van der Waals surface area (Å²) in [5.41, 5.74) is 1.39. The Morgan fingerprint density at radius 3 is 2.67 bits per heavy atom. The third-order valence-electron chi connectivity index (χ3n) is 2.94. The van der Waals surface area contributed by atoms with Crippen LogP contribution in [-0.4, -0.2) is 29.7 Å². The lowest BCUT2D eigenvalue weighted by Gasteiger charge is -2.23. The molecule has 1 aromatic rings. The predicted octanol–water partition coefficient (Wildman–Crippen LogP) is 2.24. The van der Waals surface area contributed by atoms with Crippen LogP contribution in [0.2, 0.25) is 0 Å². The molecular formula is C12H18ClNO. The molecule has 0 aromatic heterocycles. The van der Waals surface area contributed by atoms with Crippen molar-refractivity contribution in [3.8, 4) is 0 Å². The molecule has 0 aliphatic carbocycles. The molecule has 0 amide bonds. The molecule has 1 aliphatic rings. The maximum atomic E-state index is 8.95. The molecular weight excluding hydrogens is 210 g/mol. The van der Waals surface area contributed by atoms with Gasteiger partial charge in [-0.05, 0) is 24.9 Å². The molecule has 84 valence electrons. The molecule has 1 N–H and O–H groups in total. The van der Waals surface area contributed by atoms with Crippen LogP contribution >= 0.6 is 12.4 Å². The smallest absolute Gasteiger partial charge is 0.0558 e. The van der Waals surface area contributed by atoms with Gasteiger partial charge in [0.05, 0.1) is 6.61 Å².